The summed E-state index contributed by atoms with van der Waals surface area (Å²) >= 11 is 6.12. The summed E-state index contributed by atoms with van der Waals surface area (Å²) in [6.07, 6.45) is 0. The second-order valence-corrected chi connectivity index (χ2v) is 4.24. The highest BCUT2D eigenvalue weighted by Crippen LogP contribution is 2.36. The Hall–Kier alpha value is -1.68. The number of nitrogens with zero attached hydrogens (tertiary/aromatic N) is 1. The Morgan fingerprint density at radius 1 is 1.53 bits per heavy atom. The van der Waals surface area contributed by atoms with Crippen molar-refractivity contribution in [2.24, 2.45) is 0 Å². The fourth-order valence-electron chi connectivity index (χ4n) is 2.18. The van der Waals surface area contributed by atoms with Gasteiger partial charge in [0, 0.05) is 5.39 Å². The van der Waals surface area contributed by atoms with Gasteiger partial charge < -0.3 is 14.0 Å². The Morgan fingerprint density at radius 2 is 2.35 bits per heavy atom. The molecule has 1 aromatic carbocycles. The molecule has 0 radical (unpaired) electrons. The number of methoxy groups -OCH3 is 1. The van der Waals surface area contributed by atoms with Crippen LogP contribution in [0.15, 0.2) is 18.2 Å². The predicted octanol–water partition coefficient (Wildman–Crippen LogP) is 2.47. The molecule has 0 spiro atoms. The lowest BCUT2D eigenvalue weighted by atomic mass is 10.2. The second kappa shape index (κ2) is 3.67. The molecule has 0 aliphatic carbocycles. The van der Waals surface area contributed by atoms with Gasteiger partial charge in [-0.3, -0.25) is 0 Å². The molecule has 0 unspecified atom stereocenters. The molecule has 0 N–H and O–H groups in total. The zero-order chi connectivity index (χ0) is 12.0. The monoisotopic (exact) mass is 251 g/mol. The molecule has 2 aromatic rings. The molecule has 0 saturated heterocycles. The molecule has 88 valence electrons. The lowest BCUT2D eigenvalue weighted by Crippen LogP contribution is -2.18. The highest BCUT2D eigenvalue weighted by molar-refractivity contribution is 6.35. The minimum atomic E-state index is -0.356. The van der Waals surface area contributed by atoms with Gasteiger partial charge in [0.25, 0.3) is 0 Å². The van der Waals surface area contributed by atoms with Crippen LogP contribution >= 0.6 is 11.6 Å². The van der Waals surface area contributed by atoms with Crippen LogP contribution in [0, 0.1) is 0 Å². The van der Waals surface area contributed by atoms with E-state index in [2.05, 4.69) is 0 Å². The van der Waals surface area contributed by atoms with Gasteiger partial charge in [0.15, 0.2) is 0 Å². The Bertz CT molecular complexity index is 618. The Labute approximate surface area is 103 Å². The first-order valence-corrected chi connectivity index (χ1v) is 5.63. The van der Waals surface area contributed by atoms with Crippen LogP contribution in [0.4, 0.5) is 0 Å². The Morgan fingerprint density at radius 3 is 3.12 bits per heavy atom. The number of halogens is 1. The SMILES string of the molecule is COC(=O)c1cc2c(Cl)ccc3c2n1CCO3. The largest absolute Gasteiger partial charge is 0.490 e. The third-order valence-corrected chi connectivity index (χ3v) is 3.27. The number of aromatic nitrogens is 1. The van der Waals surface area contributed by atoms with Crippen LogP contribution in [0.2, 0.25) is 5.02 Å². The molecule has 1 aliphatic heterocycles. The summed E-state index contributed by atoms with van der Waals surface area (Å²) in [4.78, 5) is 11.7. The van der Waals surface area contributed by atoms with Crippen molar-refractivity contribution in [1.82, 2.24) is 4.57 Å². The minimum absolute atomic E-state index is 0.356. The van der Waals surface area contributed by atoms with E-state index in [1.807, 2.05) is 10.6 Å². The van der Waals surface area contributed by atoms with Gasteiger partial charge in [-0.25, -0.2) is 4.79 Å². The molecule has 1 aromatic heterocycles. The lowest BCUT2D eigenvalue weighted by molar-refractivity contribution is 0.0587. The van der Waals surface area contributed by atoms with Gasteiger partial charge in [-0.2, -0.15) is 0 Å². The number of hydrogen-bond acceptors (Lipinski definition) is 3. The summed E-state index contributed by atoms with van der Waals surface area (Å²) < 4.78 is 12.2. The smallest absolute Gasteiger partial charge is 0.354 e. The molecular weight excluding hydrogens is 242 g/mol. The number of esters is 1. The quantitative estimate of drug-likeness (QED) is 0.731. The molecule has 0 bridgehead atoms. The maximum atomic E-state index is 11.7. The van der Waals surface area contributed by atoms with Crippen LogP contribution in [-0.2, 0) is 11.3 Å². The van der Waals surface area contributed by atoms with Crippen molar-refractivity contribution in [1.29, 1.82) is 0 Å². The molecule has 17 heavy (non-hydrogen) atoms. The van der Waals surface area contributed by atoms with Gasteiger partial charge in [-0.05, 0) is 18.2 Å². The maximum absolute atomic E-state index is 11.7. The third kappa shape index (κ3) is 1.41. The third-order valence-electron chi connectivity index (χ3n) is 2.94. The van der Waals surface area contributed by atoms with E-state index in [0.29, 0.717) is 23.9 Å². The highest BCUT2D eigenvalue weighted by atomic mass is 35.5. The van der Waals surface area contributed by atoms with E-state index in [9.17, 15) is 4.79 Å². The van der Waals surface area contributed by atoms with Crippen molar-refractivity contribution in [3.05, 3.63) is 28.9 Å². The van der Waals surface area contributed by atoms with Gasteiger partial charge in [0.05, 0.1) is 24.2 Å². The number of benzene rings is 1. The zero-order valence-corrected chi connectivity index (χ0v) is 9.95. The van der Waals surface area contributed by atoms with E-state index >= 15 is 0 Å². The van der Waals surface area contributed by atoms with Gasteiger partial charge in [0.1, 0.15) is 18.1 Å². The molecule has 0 amide bonds. The summed E-state index contributed by atoms with van der Waals surface area (Å²) in [7, 11) is 1.37. The van der Waals surface area contributed by atoms with Gasteiger partial charge in [-0.1, -0.05) is 11.6 Å². The van der Waals surface area contributed by atoms with Gasteiger partial charge >= 0.3 is 5.97 Å². The van der Waals surface area contributed by atoms with Crippen molar-refractivity contribution >= 4 is 28.5 Å². The Balaban J connectivity index is 2.37. The molecule has 5 heteroatoms. The first-order valence-electron chi connectivity index (χ1n) is 5.25. The van der Waals surface area contributed by atoms with Crippen molar-refractivity contribution in [2.75, 3.05) is 13.7 Å². The van der Waals surface area contributed by atoms with Crippen LogP contribution in [0.3, 0.4) is 0 Å². The molecular formula is C12H10ClNO3. The molecule has 0 atom stereocenters. The molecule has 2 heterocycles. The fourth-order valence-corrected chi connectivity index (χ4v) is 2.39. The average Bonchev–Trinajstić information content (AvgIpc) is 2.75. The summed E-state index contributed by atoms with van der Waals surface area (Å²) in [6, 6.07) is 5.35. The minimum Gasteiger partial charge on any atom is -0.490 e. The number of hydrogen-bond donors (Lipinski definition) is 0. The molecule has 4 nitrogen and oxygen atoms in total. The number of carbonyl (C=O) groups is 1. The first-order chi connectivity index (χ1) is 8.22. The van der Waals surface area contributed by atoms with Gasteiger partial charge in [0.2, 0.25) is 0 Å². The van der Waals surface area contributed by atoms with Crippen LogP contribution in [0.25, 0.3) is 10.9 Å². The summed E-state index contributed by atoms with van der Waals surface area (Å²) in [5.41, 5.74) is 1.38. The van der Waals surface area contributed by atoms with Crippen LogP contribution in [0.5, 0.6) is 5.75 Å². The number of carbonyl (C=O) groups excluding carboxylic acids is 1. The average molecular weight is 252 g/mol. The topological polar surface area (TPSA) is 40.5 Å². The van der Waals surface area contributed by atoms with Crippen LogP contribution in [-0.4, -0.2) is 24.3 Å². The highest BCUT2D eigenvalue weighted by Gasteiger charge is 2.23. The molecule has 0 saturated carbocycles. The van der Waals surface area contributed by atoms with E-state index in [0.717, 1.165) is 16.7 Å². The lowest BCUT2D eigenvalue weighted by Gasteiger charge is -2.18. The van der Waals surface area contributed by atoms with E-state index in [1.165, 1.54) is 7.11 Å². The standard InChI is InChI=1S/C12H10ClNO3/c1-16-12(15)9-6-7-8(13)2-3-10-11(7)14(9)4-5-17-10/h2-3,6H,4-5H2,1H3. The number of rotatable bonds is 1. The fraction of sp³-hybridized carbons (Fsp3) is 0.250. The van der Waals surface area contributed by atoms with E-state index in [4.69, 9.17) is 21.1 Å². The molecule has 3 rings (SSSR count). The molecule has 0 fully saturated rings. The van der Waals surface area contributed by atoms with Crippen molar-refractivity contribution in [3.63, 3.8) is 0 Å². The normalized spacial score (nSPS) is 13.5. The van der Waals surface area contributed by atoms with E-state index < -0.39 is 0 Å². The summed E-state index contributed by atoms with van der Waals surface area (Å²) in [5, 5.41) is 1.43. The molecule has 1 aliphatic rings. The Kier molecular flexibility index (Phi) is 2.26. The first kappa shape index (κ1) is 10.5. The van der Waals surface area contributed by atoms with Crippen LogP contribution < -0.4 is 4.74 Å². The second-order valence-electron chi connectivity index (χ2n) is 3.83. The summed E-state index contributed by atoms with van der Waals surface area (Å²) in [6.45, 7) is 1.17. The maximum Gasteiger partial charge on any atom is 0.354 e. The van der Waals surface area contributed by atoms with E-state index in [1.54, 1.807) is 12.1 Å². The van der Waals surface area contributed by atoms with Crippen molar-refractivity contribution < 1.29 is 14.3 Å². The zero-order valence-electron chi connectivity index (χ0n) is 9.20. The summed E-state index contributed by atoms with van der Waals surface area (Å²) in [5.74, 6) is 0.399. The predicted molar refractivity (Wildman–Crippen MR) is 63.8 cm³/mol. The number of ether oxygens (including phenoxy) is 2. The van der Waals surface area contributed by atoms with Crippen LogP contribution in [0.1, 0.15) is 10.5 Å². The van der Waals surface area contributed by atoms with E-state index in [-0.39, 0.29) is 5.97 Å². The van der Waals surface area contributed by atoms with Crippen molar-refractivity contribution in [3.8, 4) is 5.75 Å². The van der Waals surface area contributed by atoms with Crippen molar-refractivity contribution in [2.45, 2.75) is 6.54 Å². The van der Waals surface area contributed by atoms with Gasteiger partial charge in [-0.15, -0.1) is 0 Å².